The van der Waals surface area contributed by atoms with Crippen molar-refractivity contribution in [3.05, 3.63) is 35.9 Å². The van der Waals surface area contributed by atoms with Gasteiger partial charge in [0.1, 0.15) is 12.6 Å². The summed E-state index contributed by atoms with van der Waals surface area (Å²) < 4.78 is 16.5. The molecule has 0 aliphatic heterocycles. The number of carboxylic acid groups (broad SMARTS) is 1. The number of carbonyl (C=O) groups excluding carboxylic acids is 2. The maximum Gasteiger partial charge on any atom is 0.408 e. The molecule has 0 aliphatic carbocycles. The minimum absolute atomic E-state index is 0.0205. The predicted molar refractivity (Wildman–Crippen MR) is 119 cm³/mol. The number of benzene rings is 1. The highest BCUT2D eigenvalue weighted by Crippen LogP contribution is 2.14. The van der Waals surface area contributed by atoms with Gasteiger partial charge in [-0.25, -0.2) is 9.59 Å². The third kappa shape index (κ3) is 11.1. The molecule has 0 radical (unpaired) electrons. The molecule has 3 atom stereocenters. The molecule has 9 nitrogen and oxygen atoms in total. The van der Waals surface area contributed by atoms with Gasteiger partial charge in [0.15, 0.2) is 6.04 Å². The van der Waals surface area contributed by atoms with Crippen LogP contribution in [0.15, 0.2) is 30.3 Å². The molecule has 0 heterocycles. The summed E-state index contributed by atoms with van der Waals surface area (Å²) in [5.41, 5.74) is -0.400. The molecule has 0 aliphatic rings. The fourth-order valence-corrected chi connectivity index (χ4v) is 2.68. The van der Waals surface area contributed by atoms with Crippen molar-refractivity contribution in [3.63, 3.8) is 0 Å². The first-order valence-corrected chi connectivity index (χ1v) is 10.5. The topological polar surface area (TPSA) is 123 Å². The molecular formula is C23H36N2O7. The van der Waals surface area contributed by atoms with Gasteiger partial charge in [-0.15, -0.1) is 0 Å². The third-order valence-electron chi connectivity index (χ3n) is 4.08. The van der Waals surface area contributed by atoms with Crippen LogP contribution in [-0.4, -0.2) is 59.1 Å². The van der Waals surface area contributed by atoms with E-state index in [4.69, 9.17) is 14.2 Å². The summed E-state index contributed by atoms with van der Waals surface area (Å²) >= 11 is 0. The van der Waals surface area contributed by atoms with Crippen LogP contribution in [0.3, 0.4) is 0 Å². The first-order valence-electron chi connectivity index (χ1n) is 10.5. The molecule has 0 spiro atoms. The first kappa shape index (κ1) is 27.4. The number of hydrogen-bond donors (Lipinski definition) is 3. The van der Waals surface area contributed by atoms with Crippen LogP contribution >= 0.6 is 0 Å². The number of hydrogen-bond acceptors (Lipinski definition) is 6. The van der Waals surface area contributed by atoms with Gasteiger partial charge in [-0.05, 0) is 54.0 Å². The first-order chi connectivity index (χ1) is 14.7. The molecule has 1 rings (SSSR count). The number of nitrogens with one attached hydrogen (secondary N) is 2. The fourth-order valence-electron chi connectivity index (χ4n) is 2.68. The van der Waals surface area contributed by atoms with Crippen molar-refractivity contribution >= 4 is 18.0 Å². The van der Waals surface area contributed by atoms with Gasteiger partial charge in [-0.3, -0.25) is 4.79 Å². The van der Waals surface area contributed by atoms with Gasteiger partial charge >= 0.3 is 12.1 Å². The van der Waals surface area contributed by atoms with E-state index in [1.165, 1.54) is 0 Å². The second kappa shape index (κ2) is 11.8. The molecule has 0 saturated carbocycles. The zero-order chi connectivity index (χ0) is 24.5. The van der Waals surface area contributed by atoms with Crippen LogP contribution in [0, 0.1) is 0 Å². The maximum absolute atomic E-state index is 12.9. The Balaban J connectivity index is 2.89. The molecule has 0 saturated heterocycles. The number of alkyl carbamates (subject to hydrolysis) is 1. The number of ether oxygens (including phenoxy) is 3. The highest BCUT2D eigenvalue weighted by molar-refractivity contribution is 5.89. The van der Waals surface area contributed by atoms with Crippen molar-refractivity contribution in [1.82, 2.24) is 10.6 Å². The standard InChI is InChI=1S/C23H36N2O7/c1-15(32-23(5,6)7)18(25-21(29)30-13-16-11-9-8-10-12-16)19(26)24-17(20(27)28)14-31-22(2,3)4/h8-12,15,17-18H,13-14H2,1-7H3,(H,24,26)(H,25,29)(H,27,28). The number of aliphatic carboxylic acids is 1. The lowest BCUT2D eigenvalue weighted by Gasteiger charge is -2.31. The van der Waals surface area contributed by atoms with Gasteiger partial charge in [0, 0.05) is 0 Å². The van der Waals surface area contributed by atoms with E-state index in [9.17, 15) is 19.5 Å². The van der Waals surface area contributed by atoms with E-state index in [0.29, 0.717) is 0 Å². The van der Waals surface area contributed by atoms with E-state index in [-0.39, 0.29) is 13.2 Å². The predicted octanol–water partition coefficient (Wildman–Crippen LogP) is 2.87. The smallest absolute Gasteiger partial charge is 0.408 e. The molecule has 0 bridgehead atoms. The lowest BCUT2D eigenvalue weighted by Crippen LogP contribution is -2.58. The Labute approximate surface area is 189 Å². The summed E-state index contributed by atoms with van der Waals surface area (Å²) in [4.78, 5) is 36.9. The Kier molecular flexibility index (Phi) is 10.1. The zero-order valence-corrected chi connectivity index (χ0v) is 19.9. The van der Waals surface area contributed by atoms with Crippen LogP contribution in [0.2, 0.25) is 0 Å². The number of carbonyl (C=O) groups is 3. The molecule has 3 N–H and O–H groups in total. The van der Waals surface area contributed by atoms with E-state index in [1.54, 1.807) is 39.8 Å². The van der Waals surface area contributed by atoms with Crippen LogP contribution in [0.1, 0.15) is 54.0 Å². The molecule has 180 valence electrons. The Hall–Kier alpha value is -2.65. The van der Waals surface area contributed by atoms with E-state index < -0.39 is 47.4 Å². The minimum Gasteiger partial charge on any atom is -0.480 e. The summed E-state index contributed by atoms with van der Waals surface area (Å²) in [7, 11) is 0. The largest absolute Gasteiger partial charge is 0.480 e. The van der Waals surface area contributed by atoms with Crippen molar-refractivity contribution < 1.29 is 33.7 Å². The molecular weight excluding hydrogens is 416 g/mol. The number of rotatable bonds is 10. The number of carboxylic acids is 1. The summed E-state index contributed by atoms with van der Waals surface area (Å²) in [6.45, 7) is 12.2. The molecule has 2 amide bonds. The zero-order valence-electron chi connectivity index (χ0n) is 19.9. The Bertz CT molecular complexity index is 754. The van der Waals surface area contributed by atoms with Gasteiger partial charge < -0.3 is 30.0 Å². The average Bonchev–Trinajstić information content (AvgIpc) is 2.66. The van der Waals surface area contributed by atoms with Gasteiger partial charge in [0.25, 0.3) is 0 Å². The third-order valence-corrected chi connectivity index (χ3v) is 4.08. The molecule has 0 fully saturated rings. The quantitative estimate of drug-likeness (QED) is 0.499. The molecule has 1 aromatic carbocycles. The summed E-state index contributed by atoms with van der Waals surface area (Å²) in [5, 5.41) is 14.4. The van der Waals surface area contributed by atoms with Crippen molar-refractivity contribution in [2.24, 2.45) is 0 Å². The SMILES string of the molecule is CC(OC(C)(C)C)C(NC(=O)OCc1ccccc1)C(=O)NC(COC(C)(C)C)C(=O)O. The van der Waals surface area contributed by atoms with E-state index in [0.717, 1.165) is 5.56 Å². The van der Waals surface area contributed by atoms with Gasteiger partial charge in [0.2, 0.25) is 5.91 Å². The van der Waals surface area contributed by atoms with Gasteiger partial charge in [-0.2, -0.15) is 0 Å². The highest BCUT2D eigenvalue weighted by Gasteiger charge is 2.34. The maximum atomic E-state index is 12.9. The minimum atomic E-state index is -1.30. The van der Waals surface area contributed by atoms with E-state index in [2.05, 4.69) is 10.6 Å². The lowest BCUT2D eigenvalue weighted by atomic mass is 10.1. The van der Waals surface area contributed by atoms with Crippen LogP contribution in [0.5, 0.6) is 0 Å². The lowest BCUT2D eigenvalue weighted by molar-refractivity contribution is -0.147. The van der Waals surface area contributed by atoms with Crippen molar-refractivity contribution in [1.29, 1.82) is 0 Å². The Morgan fingerprint density at radius 3 is 2.06 bits per heavy atom. The summed E-state index contributed by atoms with van der Waals surface area (Å²) in [6, 6.07) is 6.60. The van der Waals surface area contributed by atoms with Crippen molar-refractivity contribution in [2.45, 2.75) is 84.5 Å². The van der Waals surface area contributed by atoms with E-state index >= 15 is 0 Å². The van der Waals surface area contributed by atoms with Crippen LogP contribution in [0.25, 0.3) is 0 Å². The van der Waals surface area contributed by atoms with Crippen LogP contribution < -0.4 is 10.6 Å². The number of amides is 2. The molecule has 0 aromatic heterocycles. The van der Waals surface area contributed by atoms with Crippen molar-refractivity contribution in [3.8, 4) is 0 Å². The van der Waals surface area contributed by atoms with E-state index in [1.807, 2.05) is 39.0 Å². The molecule has 1 aromatic rings. The molecule has 32 heavy (non-hydrogen) atoms. The van der Waals surface area contributed by atoms with Gasteiger partial charge in [0.05, 0.1) is 23.9 Å². The molecule has 9 heteroatoms. The second-order valence-corrected chi connectivity index (χ2v) is 9.44. The summed E-state index contributed by atoms with van der Waals surface area (Å²) in [6.07, 6.45) is -1.59. The fraction of sp³-hybridized carbons (Fsp3) is 0.609. The Morgan fingerprint density at radius 1 is 0.969 bits per heavy atom. The summed E-state index contributed by atoms with van der Waals surface area (Å²) in [5.74, 6) is -1.97. The Morgan fingerprint density at radius 2 is 1.56 bits per heavy atom. The average molecular weight is 453 g/mol. The molecule has 3 unspecified atom stereocenters. The monoisotopic (exact) mass is 452 g/mol. The van der Waals surface area contributed by atoms with Gasteiger partial charge in [-0.1, -0.05) is 30.3 Å². The van der Waals surface area contributed by atoms with Crippen LogP contribution in [0.4, 0.5) is 4.79 Å². The van der Waals surface area contributed by atoms with Crippen molar-refractivity contribution in [2.75, 3.05) is 6.61 Å². The highest BCUT2D eigenvalue weighted by atomic mass is 16.6. The van der Waals surface area contributed by atoms with Crippen LogP contribution in [-0.2, 0) is 30.4 Å². The second-order valence-electron chi connectivity index (χ2n) is 9.44. The normalized spacial score (nSPS) is 14.7.